The lowest BCUT2D eigenvalue weighted by molar-refractivity contribution is -0.115. The average molecular weight is 384 g/mol. The number of aromatic nitrogens is 1. The molecule has 0 unspecified atom stereocenters. The number of amides is 1. The van der Waals surface area contributed by atoms with Crippen molar-refractivity contribution < 1.29 is 10.0 Å². The molecule has 0 fully saturated rings. The van der Waals surface area contributed by atoms with Crippen LogP contribution >= 0.6 is 27.7 Å². The zero-order valence-corrected chi connectivity index (χ0v) is 14.6. The highest BCUT2D eigenvalue weighted by Gasteiger charge is 2.15. The normalized spacial score (nSPS) is 11.8. The maximum atomic E-state index is 12.0. The van der Waals surface area contributed by atoms with Gasteiger partial charge in [0, 0.05) is 34.5 Å². The second kappa shape index (κ2) is 8.24. The maximum absolute atomic E-state index is 12.0. The Morgan fingerprint density at radius 2 is 2.32 bits per heavy atom. The number of benzene rings is 1. The Bertz CT molecular complexity index is 684. The quantitative estimate of drug-likeness (QED) is 0.297. The predicted molar refractivity (Wildman–Crippen MR) is 94.9 cm³/mol. The minimum atomic E-state index is -0.326. The lowest BCUT2D eigenvalue weighted by atomic mass is 10.1. The van der Waals surface area contributed by atoms with Crippen LogP contribution in [0, 0.1) is 0 Å². The van der Waals surface area contributed by atoms with Gasteiger partial charge in [0.15, 0.2) is 0 Å². The molecule has 1 amide bonds. The van der Waals surface area contributed by atoms with E-state index in [-0.39, 0.29) is 18.0 Å². The zero-order valence-electron chi connectivity index (χ0n) is 12.2. The fourth-order valence-corrected chi connectivity index (χ4v) is 2.95. The lowest BCUT2D eigenvalue weighted by Gasteiger charge is -2.06. The van der Waals surface area contributed by atoms with E-state index < -0.39 is 0 Å². The standard InChI is InChI=1S/C15H18BrN3O2S/c1-22-6-2-5-17-15(20)14(19-21)7-10-9-18-13-4-3-11(16)8-12(10)13/h3-4,8-9,18,21H,2,5-7H2,1H3,(H,17,20)/b19-14+. The molecule has 1 heterocycles. The van der Waals surface area contributed by atoms with Gasteiger partial charge < -0.3 is 15.5 Å². The first kappa shape index (κ1) is 16.9. The molecule has 3 N–H and O–H groups in total. The van der Waals surface area contributed by atoms with E-state index in [1.165, 1.54) is 0 Å². The van der Waals surface area contributed by atoms with Crippen LogP contribution in [0.2, 0.25) is 0 Å². The molecule has 7 heteroatoms. The van der Waals surface area contributed by atoms with Crippen molar-refractivity contribution in [3.05, 3.63) is 34.4 Å². The molecule has 0 spiro atoms. The molecule has 2 rings (SSSR count). The van der Waals surface area contributed by atoms with Gasteiger partial charge in [-0.3, -0.25) is 4.79 Å². The molecule has 2 aromatic rings. The first-order valence-corrected chi connectivity index (χ1v) is 9.08. The van der Waals surface area contributed by atoms with E-state index >= 15 is 0 Å². The number of rotatable bonds is 7. The first-order chi connectivity index (χ1) is 10.7. The summed E-state index contributed by atoms with van der Waals surface area (Å²) in [5.41, 5.74) is 2.02. The van der Waals surface area contributed by atoms with Crippen molar-refractivity contribution in [2.24, 2.45) is 5.16 Å². The molecule has 0 saturated heterocycles. The van der Waals surface area contributed by atoms with Crippen molar-refractivity contribution in [3.8, 4) is 0 Å². The van der Waals surface area contributed by atoms with Crippen molar-refractivity contribution in [2.75, 3.05) is 18.6 Å². The third-order valence-corrected chi connectivity index (χ3v) is 4.47. The van der Waals surface area contributed by atoms with Crippen molar-refractivity contribution in [1.82, 2.24) is 10.3 Å². The monoisotopic (exact) mass is 383 g/mol. The van der Waals surface area contributed by atoms with Crippen LogP contribution in [0.3, 0.4) is 0 Å². The number of nitrogens with one attached hydrogen (secondary N) is 2. The summed E-state index contributed by atoms with van der Waals surface area (Å²) in [4.78, 5) is 15.2. The lowest BCUT2D eigenvalue weighted by Crippen LogP contribution is -2.33. The molecule has 0 aliphatic carbocycles. The summed E-state index contributed by atoms with van der Waals surface area (Å²) in [7, 11) is 0. The summed E-state index contributed by atoms with van der Waals surface area (Å²) in [5.74, 6) is 0.662. The average Bonchev–Trinajstić information content (AvgIpc) is 2.91. The number of hydrogen-bond acceptors (Lipinski definition) is 4. The van der Waals surface area contributed by atoms with E-state index in [2.05, 4.69) is 31.4 Å². The van der Waals surface area contributed by atoms with E-state index in [1.54, 1.807) is 11.8 Å². The summed E-state index contributed by atoms with van der Waals surface area (Å²) in [6.07, 6.45) is 5.04. The third-order valence-electron chi connectivity index (χ3n) is 3.28. The highest BCUT2D eigenvalue weighted by molar-refractivity contribution is 9.10. The molecule has 118 valence electrons. The highest BCUT2D eigenvalue weighted by atomic mass is 79.9. The van der Waals surface area contributed by atoms with Gasteiger partial charge in [-0.25, -0.2) is 0 Å². The number of thioether (sulfide) groups is 1. The van der Waals surface area contributed by atoms with Crippen LogP contribution in [0.25, 0.3) is 10.9 Å². The number of aromatic amines is 1. The summed E-state index contributed by atoms with van der Waals surface area (Å²) < 4.78 is 0.963. The van der Waals surface area contributed by atoms with Crippen LogP contribution in [0.4, 0.5) is 0 Å². The summed E-state index contributed by atoms with van der Waals surface area (Å²) in [6, 6.07) is 5.88. The second-order valence-electron chi connectivity index (χ2n) is 4.83. The molecule has 5 nitrogen and oxygen atoms in total. The molecule has 0 aliphatic heterocycles. The van der Waals surface area contributed by atoms with Gasteiger partial charge in [0.05, 0.1) is 0 Å². The Morgan fingerprint density at radius 3 is 3.05 bits per heavy atom. The van der Waals surface area contributed by atoms with Gasteiger partial charge >= 0.3 is 0 Å². The molecular formula is C15H18BrN3O2S. The van der Waals surface area contributed by atoms with Crippen LogP contribution in [0.1, 0.15) is 12.0 Å². The molecule has 0 bridgehead atoms. The number of carbonyl (C=O) groups is 1. The Hall–Kier alpha value is -1.47. The number of oxime groups is 1. The van der Waals surface area contributed by atoms with E-state index in [0.29, 0.717) is 6.54 Å². The SMILES string of the molecule is CSCCCNC(=O)/C(Cc1c[nH]c2ccc(Br)cc12)=N/O. The number of H-pyrrole nitrogens is 1. The van der Waals surface area contributed by atoms with Crippen molar-refractivity contribution in [3.63, 3.8) is 0 Å². The van der Waals surface area contributed by atoms with Gasteiger partial charge in [-0.15, -0.1) is 0 Å². The molecule has 0 aliphatic rings. The van der Waals surface area contributed by atoms with Crippen LogP contribution in [0.15, 0.2) is 34.0 Å². The van der Waals surface area contributed by atoms with Crippen LogP contribution in [0.5, 0.6) is 0 Å². The molecule has 0 radical (unpaired) electrons. The van der Waals surface area contributed by atoms with Crippen molar-refractivity contribution >= 4 is 50.2 Å². The number of halogens is 1. The minimum Gasteiger partial charge on any atom is -0.410 e. The van der Waals surface area contributed by atoms with Crippen LogP contribution in [-0.4, -0.2) is 40.4 Å². The smallest absolute Gasteiger partial charge is 0.269 e. The number of nitrogens with zero attached hydrogens (tertiary/aromatic N) is 1. The molecule has 0 saturated carbocycles. The largest absolute Gasteiger partial charge is 0.410 e. The number of fused-ring (bicyclic) bond motifs is 1. The summed E-state index contributed by atoms with van der Waals surface area (Å²) >= 11 is 5.17. The van der Waals surface area contributed by atoms with Gasteiger partial charge in [0.25, 0.3) is 5.91 Å². The minimum absolute atomic E-state index is 0.116. The number of hydrogen-bond donors (Lipinski definition) is 3. The Kier molecular flexibility index (Phi) is 6.33. The van der Waals surface area contributed by atoms with Gasteiger partial charge in [0.2, 0.25) is 0 Å². The summed E-state index contributed by atoms with van der Waals surface area (Å²) in [5, 5.41) is 16.1. The van der Waals surface area contributed by atoms with E-state index in [1.807, 2.05) is 30.7 Å². The van der Waals surface area contributed by atoms with Crippen molar-refractivity contribution in [1.29, 1.82) is 0 Å². The van der Waals surface area contributed by atoms with Gasteiger partial charge in [-0.2, -0.15) is 11.8 Å². The predicted octanol–water partition coefficient (Wildman–Crippen LogP) is 3.17. The Balaban J connectivity index is 2.06. The third kappa shape index (κ3) is 4.27. The topological polar surface area (TPSA) is 77.5 Å². The molecule has 1 aromatic heterocycles. The first-order valence-electron chi connectivity index (χ1n) is 6.89. The molecular weight excluding hydrogens is 366 g/mol. The Labute approximate surface area is 141 Å². The second-order valence-corrected chi connectivity index (χ2v) is 6.73. The zero-order chi connectivity index (χ0) is 15.9. The van der Waals surface area contributed by atoms with Crippen molar-refractivity contribution in [2.45, 2.75) is 12.8 Å². The van der Waals surface area contributed by atoms with E-state index in [9.17, 15) is 4.79 Å². The summed E-state index contributed by atoms with van der Waals surface area (Å²) in [6.45, 7) is 0.581. The van der Waals surface area contributed by atoms with Gasteiger partial charge in [0.1, 0.15) is 5.71 Å². The van der Waals surface area contributed by atoms with E-state index in [0.717, 1.165) is 33.1 Å². The van der Waals surface area contributed by atoms with Gasteiger partial charge in [-0.1, -0.05) is 21.1 Å². The fraction of sp³-hybridized carbons (Fsp3) is 0.333. The van der Waals surface area contributed by atoms with Gasteiger partial charge in [-0.05, 0) is 42.2 Å². The number of carbonyl (C=O) groups excluding carboxylic acids is 1. The highest BCUT2D eigenvalue weighted by Crippen LogP contribution is 2.23. The molecule has 0 atom stereocenters. The fourth-order valence-electron chi connectivity index (χ4n) is 2.16. The van der Waals surface area contributed by atoms with Crippen LogP contribution < -0.4 is 5.32 Å². The molecule has 1 aromatic carbocycles. The maximum Gasteiger partial charge on any atom is 0.269 e. The molecule has 22 heavy (non-hydrogen) atoms. The van der Waals surface area contributed by atoms with E-state index in [4.69, 9.17) is 5.21 Å². The Morgan fingerprint density at radius 1 is 1.50 bits per heavy atom. The van der Waals surface area contributed by atoms with Crippen LogP contribution in [-0.2, 0) is 11.2 Å².